The largest absolute Gasteiger partial charge is 0.320 e. The SMILES string of the molecule is Cc1csc(NC(=O)C(N)c2ccc(C(=O)NC3=NN(c4ccccc4)CC3N)cc2)n1. The number of anilines is 2. The molecule has 0 bridgehead atoms. The fourth-order valence-corrected chi connectivity index (χ4v) is 3.87. The zero-order valence-electron chi connectivity index (χ0n) is 17.4. The highest BCUT2D eigenvalue weighted by Gasteiger charge is 2.26. The smallest absolute Gasteiger partial charge is 0.256 e. The lowest BCUT2D eigenvalue weighted by molar-refractivity contribution is -0.117. The van der Waals surface area contributed by atoms with Crippen LogP contribution >= 0.6 is 11.3 Å². The van der Waals surface area contributed by atoms with Gasteiger partial charge in [-0.15, -0.1) is 11.3 Å². The van der Waals surface area contributed by atoms with E-state index in [0.29, 0.717) is 28.6 Å². The topological polar surface area (TPSA) is 139 Å². The van der Waals surface area contributed by atoms with E-state index in [2.05, 4.69) is 20.7 Å². The second-order valence-corrected chi connectivity index (χ2v) is 8.20. The van der Waals surface area contributed by atoms with Crippen molar-refractivity contribution >= 4 is 39.8 Å². The first kappa shape index (κ1) is 21.6. The number of aromatic nitrogens is 1. The van der Waals surface area contributed by atoms with Gasteiger partial charge in [-0.3, -0.25) is 14.6 Å². The molecule has 0 aliphatic carbocycles. The Balaban J connectivity index is 1.39. The van der Waals surface area contributed by atoms with Crippen molar-refractivity contribution in [2.75, 3.05) is 16.9 Å². The van der Waals surface area contributed by atoms with Crippen molar-refractivity contribution < 1.29 is 9.59 Å². The number of nitrogens with two attached hydrogens (primary N) is 2. The highest BCUT2D eigenvalue weighted by atomic mass is 32.1. The molecule has 2 aromatic carbocycles. The first-order valence-corrected chi connectivity index (χ1v) is 10.9. The number of carbonyl (C=O) groups is 2. The summed E-state index contributed by atoms with van der Waals surface area (Å²) in [6.07, 6.45) is 0. The molecule has 0 saturated heterocycles. The van der Waals surface area contributed by atoms with Crippen molar-refractivity contribution in [2.45, 2.75) is 19.0 Å². The molecule has 4 rings (SSSR count). The number of amides is 2. The van der Waals surface area contributed by atoms with Crippen LogP contribution < -0.4 is 27.1 Å². The summed E-state index contributed by atoms with van der Waals surface area (Å²) < 4.78 is 0. The number of para-hydroxylation sites is 1. The van der Waals surface area contributed by atoms with Gasteiger partial charge in [0.2, 0.25) is 5.91 Å². The van der Waals surface area contributed by atoms with Crippen LogP contribution in [-0.4, -0.2) is 35.2 Å². The van der Waals surface area contributed by atoms with E-state index in [1.54, 1.807) is 29.3 Å². The Labute approximate surface area is 189 Å². The van der Waals surface area contributed by atoms with Gasteiger partial charge in [-0.05, 0) is 36.8 Å². The molecular formula is C22H23N7O2S. The summed E-state index contributed by atoms with van der Waals surface area (Å²) in [5.74, 6) is -0.307. The van der Waals surface area contributed by atoms with Gasteiger partial charge >= 0.3 is 0 Å². The Hall–Kier alpha value is -3.60. The van der Waals surface area contributed by atoms with Gasteiger partial charge in [-0.25, -0.2) is 4.98 Å². The third kappa shape index (κ3) is 4.83. The summed E-state index contributed by atoms with van der Waals surface area (Å²) in [4.78, 5) is 29.2. The number of aryl methyl sites for hydroxylation is 1. The van der Waals surface area contributed by atoms with Crippen LogP contribution in [0.3, 0.4) is 0 Å². The molecule has 0 saturated carbocycles. The van der Waals surface area contributed by atoms with Gasteiger partial charge in [0.15, 0.2) is 5.13 Å². The minimum Gasteiger partial charge on any atom is -0.320 e. The third-order valence-corrected chi connectivity index (χ3v) is 5.78. The van der Waals surface area contributed by atoms with E-state index in [-0.39, 0.29) is 11.8 Å². The first-order valence-electron chi connectivity index (χ1n) is 9.97. The standard InChI is InChI=1S/C22H23N7O2S/c1-13-12-32-22(25-13)27-21(31)18(24)14-7-9-15(10-8-14)20(30)26-19-17(23)11-29(28-19)16-5-3-2-4-6-16/h2-10,12,17-18H,11,23-24H2,1H3,(H,25,27,31)(H,26,28,30). The number of nitrogens with one attached hydrogen (secondary N) is 2. The summed E-state index contributed by atoms with van der Waals surface area (Å²) in [6.45, 7) is 2.32. The molecule has 1 aromatic heterocycles. The molecule has 3 aromatic rings. The molecule has 9 nitrogen and oxygen atoms in total. The molecule has 0 radical (unpaired) electrons. The van der Waals surface area contributed by atoms with Crippen LogP contribution in [0, 0.1) is 6.92 Å². The second-order valence-electron chi connectivity index (χ2n) is 7.35. The van der Waals surface area contributed by atoms with Crippen LogP contribution in [0.25, 0.3) is 0 Å². The van der Waals surface area contributed by atoms with E-state index in [0.717, 1.165) is 11.4 Å². The van der Waals surface area contributed by atoms with Crippen LogP contribution in [0.5, 0.6) is 0 Å². The predicted octanol–water partition coefficient (Wildman–Crippen LogP) is 1.98. The third-order valence-electron chi connectivity index (χ3n) is 4.91. The van der Waals surface area contributed by atoms with Crippen LogP contribution in [0.4, 0.5) is 10.8 Å². The lowest BCUT2D eigenvalue weighted by atomic mass is 10.0. The van der Waals surface area contributed by atoms with Crippen LogP contribution in [0.15, 0.2) is 65.1 Å². The average Bonchev–Trinajstić information content (AvgIpc) is 3.38. The van der Waals surface area contributed by atoms with E-state index in [4.69, 9.17) is 11.5 Å². The molecule has 6 N–H and O–H groups in total. The number of hydrazone groups is 1. The molecule has 32 heavy (non-hydrogen) atoms. The highest BCUT2D eigenvalue weighted by molar-refractivity contribution is 7.13. The van der Waals surface area contributed by atoms with Gasteiger partial charge in [0.25, 0.3) is 5.91 Å². The minimum absolute atomic E-state index is 0.336. The molecule has 0 fully saturated rings. The summed E-state index contributed by atoms with van der Waals surface area (Å²) in [7, 11) is 0. The van der Waals surface area contributed by atoms with E-state index < -0.39 is 12.1 Å². The van der Waals surface area contributed by atoms with Crippen LogP contribution in [0.1, 0.15) is 27.7 Å². The quantitative estimate of drug-likeness (QED) is 0.470. The number of benzene rings is 2. The molecule has 2 unspecified atom stereocenters. The summed E-state index contributed by atoms with van der Waals surface area (Å²) in [6, 6.07) is 14.8. The Kier molecular flexibility index (Phi) is 6.26. The average molecular weight is 450 g/mol. The van der Waals surface area contributed by atoms with Crippen LogP contribution in [0.2, 0.25) is 0 Å². The maximum atomic E-state index is 12.7. The summed E-state index contributed by atoms with van der Waals surface area (Å²) >= 11 is 1.33. The van der Waals surface area contributed by atoms with E-state index in [1.807, 2.05) is 42.6 Å². The second kappa shape index (κ2) is 9.27. The fraction of sp³-hybridized carbons (Fsp3) is 0.182. The zero-order chi connectivity index (χ0) is 22.7. The number of thiazole rings is 1. The molecule has 2 atom stereocenters. The van der Waals surface area contributed by atoms with Crippen molar-refractivity contribution in [3.8, 4) is 0 Å². The molecule has 164 valence electrons. The van der Waals surface area contributed by atoms with Crippen LogP contribution in [-0.2, 0) is 4.79 Å². The van der Waals surface area contributed by atoms with Crippen molar-refractivity contribution in [1.82, 2.24) is 10.3 Å². The summed E-state index contributed by atoms with van der Waals surface area (Å²) in [5, 5.41) is 14.0. The molecule has 1 aliphatic rings. The first-order chi connectivity index (χ1) is 15.4. The number of nitrogens with zero attached hydrogens (tertiary/aromatic N) is 3. The van der Waals surface area contributed by atoms with E-state index in [1.165, 1.54) is 11.3 Å². The van der Waals surface area contributed by atoms with Crippen molar-refractivity contribution in [3.63, 3.8) is 0 Å². The zero-order valence-corrected chi connectivity index (χ0v) is 18.2. The van der Waals surface area contributed by atoms with Gasteiger partial charge in [0.05, 0.1) is 24.0 Å². The minimum atomic E-state index is -0.886. The molecule has 1 aliphatic heterocycles. The maximum absolute atomic E-state index is 12.7. The van der Waals surface area contributed by atoms with Gasteiger partial charge in [-0.2, -0.15) is 5.10 Å². The van der Waals surface area contributed by atoms with Crippen molar-refractivity contribution in [1.29, 1.82) is 0 Å². The lowest BCUT2D eigenvalue weighted by Gasteiger charge is -2.13. The van der Waals surface area contributed by atoms with E-state index >= 15 is 0 Å². The number of hydrogen-bond acceptors (Lipinski definition) is 8. The Morgan fingerprint density at radius 3 is 2.50 bits per heavy atom. The van der Waals surface area contributed by atoms with E-state index in [9.17, 15) is 9.59 Å². The van der Waals surface area contributed by atoms with Crippen molar-refractivity contribution in [3.05, 3.63) is 76.8 Å². The molecule has 2 heterocycles. The highest BCUT2D eigenvalue weighted by Crippen LogP contribution is 2.19. The monoisotopic (exact) mass is 449 g/mol. The lowest BCUT2D eigenvalue weighted by Crippen LogP contribution is -2.43. The normalized spacial score (nSPS) is 16.4. The van der Waals surface area contributed by atoms with Gasteiger partial charge < -0.3 is 22.1 Å². The summed E-state index contributed by atoms with van der Waals surface area (Å²) in [5.41, 5.74) is 14.9. The number of hydrogen-bond donors (Lipinski definition) is 4. The Morgan fingerprint density at radius 2 is 1.84 bits per heavy atom. The predicted molar refractivity (Wildman–Crippen MR) is 126 cm³/mol. The van der Waals surface area contributed by atoms with Gasteiger partial charge in [-0.1, -0.05) is 30.3 Å². The fourth-order valence-electron chi connectivity index (χ4n) is 3.17. The van der Waals surface area contributed by atoms with Gasteiger partial charge in [0, 0.05) is 10.9 Å². The number of rotatable bonds is 5. The van der Waals surface area contributed by atoms with Gasteiger partial charge in [0.1, 0.15) is 11.9 Å². The Morgan fingerprint density at radius 1 is 1.12 bits per heavy atom. The molecular weight excluding hydrogens is 426 g/mol. The Bertz CT molecular complexity index is 1140. The molecule has 2 amide bonds. The number of carbonyl (C=O) groups excluding carboxylic acids is 2. The number of amidine groups is 1. The maximum Gasteiger partial charge on any atom is 0.256 e. The van der Waals surface area contributed by atoms with Crippen molar-refractivity contribution in [2.24, 2.45) is 16.6 Å². The molecule has 0 spiro atoms. The molecule has 10 heteroatoms.